The van der Waals surface area contributed by atoms with Crippen LogP contribution in [-0.4, -0.2) is 25.1 Å². The maximum Gasteiger partial charge on any atom is 0.248 e. The van der Waals surface area contributed by atoms with Crippen LogP contribution in [0.3, 0.4) is 0 Å². The molecule has 1 aliphatic rings. The summed E-state index contributed by atoms with van der Waals surface area (Å²) in [5.74, 6) is 0.750. The Morgan fingerprint density at radius 1 is 1.21 bits per heavy atom. The Kier molecular flexibility index (Phi) is 4.83. The second-order valence-electron chi connectivity index (χ2n) is 5.12. The lowest BCUT2D eigenvalue weighted by molar-refractivity contribution is -0.174. The van der Waals surface area contributed by atoms with E-state index in [9.17, 15) is 4.79 Å². The number of hydrogen-bond donors (Lipinski definition) is 0. The van der Waals surface area contributed by atoms with E-state index in [1.54, 1.807) is 7.05 Å². The Labute approximate surface area is 119 Å². The summed E-state index contributed by atoms with van der Waals surface area (Å²) in [6, 6.07) is 8.06. The van der Waals surface area contributed by atoms with E-state index >= 15 is 0 Å². The molecule has 4 heteroatoms. The molecular formula is C15H20ClNO2. The van der Waals surface area contributed by atoms with Crippen LogP contribution in [0.15, 0.2) is 24.3 Å². The van der Waals surface area contributed by atoms with E-state index in [4.69, 9.17) is 16.4 Å². The minimum Gasteiger partial charge on any atom is -0.275 e. The number of carbonyl (C=O) groups is 1. The molecule has 0 aliphatic heterocycles. The van der Waals surface area contributed by atoms with Crippen molar-refractivity contribution in [1.29, 1.82) is 0 Å². The second-order valence-corrected chi connectivity index (χ2v) is 5.55. The summed E-state index contributed by atoms with van der Waals surface area (Å²) in [6.07, 6.45) is 3.96. The number of benzene rings is 1. The zero-order chi connectivity index (χ0) is 13.8. The van der Waals surface area contributed by atoms with Gasteiger partial charge in [0.25, 0.3) is 0 Å². The largest absolute Gasteiger partial charge is 0.275 e. The molecule has 0 radical (unpaired) electrons. The average Bonchev–Trinajstić information content (AvgIpc) is 2.46. The molecule has 2 rings (SSSR count). The molecule has 0 heterocycles. The third-order valence-corrected chi connectivity index (χ3v) is 4.25. The van der Waals surface area contributed by atoms with Crippen molar-refractivity contribution in [2.24, 2.45) is 5.92 Å². The van der Waals surface area contributed by atoms with Gasteiger partial charge in [-0.05, 0) is 49.3 Å². The number of hydroxylamine groups is 2. The first kappa shape index (κ1) is 14.4. The molecule has 1 amide bonds. The van der Waals surface area contributed by atoms with E-state index in [0.717, 1.165) is 30.7 Å². The van der Waals surface area contributed by atoms with Crippen molar-refractivity contribution in [3.8, 4) is 0 Å². The summed E-state index contributed by atoms with van der Waals surface area (Å²) in [6.45, 7) is 0. The van der Waals surface area contributed by atoms with Crippen LogP contribution in [0.1, 0.15) is 37.2 Å². The van der Waals surface area contributed by atoms with Crippen molar-refractivity contribution >= 4 is 17.5 Å². The number of nitrogens with zero attached hydrogens (tertiary/aromatic N) is 1. The quantitative estimate of drug-likeness (QED) is 0.792. The summed E-state index contributed by atoms with van der Waals surface area (Å²) in [5, 5.41) is 2.11. The van der Waals surface area contributed by atoms with Crippen molar-refractivity contribution in [1.82, 2.24) is 5.06 Å². The fourth-order valence-corrected chi connectivity index (χ4v) is 2.88. The SMILES string of the molecule is CON(C)C(=O)C1CCC(c2ccc(Cl)cc2)CC1. The van der Waals surface area contributed by atoms with Gasteiger partial charge < -0.3 is 0 Å². The van der Waals surface area contributed by atoms with Gasteiger partial charge in [0.15, 0.2) is 0 Å². The average molecular weight is 282 g/mol. The number of rotatable bonds is 3. The Balaban J connectivity index is 1.92. The Morgan fingerprint density at radius 3 is 2.32 bits per heavy atom. The fraction of sp³-hybridized carbons (Fsp3) is 0.533. The zero-order valence-corrected chi connectivity index (χ0v) is 12.2. The maximum absolute atomic E-state index is 12.0. The van der Waals surface area contributed by atoms with E-state index in [1.807, 2.05) is 12.1 Å². The van der Waals surface area contributed by atoms with Crippen LogP contribution in [-0.2, 0) is 9.63 Å². The lowest BCUT2D eigenvalue weighted by atomic mass is 9.78. The van der Waals surface area contributed by atoms with Gasteiger partial charge in [0.05, 0.1) is 7.11 Å². The standard InChI is InChI=1S/C15H20ClNO2/c1-17(19-2)15(18)13-5-3-11(4-6-13)12-7-9-14(16)10-8-12/h7-11,13H,3-6H2,1-2H3. The molecule has 1 saturated carbocycles. The van der Waals surface area contributed by atoms with Crippen LogP contribution < -0.4 is 0 Å². The topological polar surface area (TPSA) is 29.5 Å². The van der Waals surface area contributed by atoms with Gasteiger partial charge in [0.1, 0.15) is 0 Å². The predicted molar refractivity (Wildman–Crippen MR) is 75.9 cm³/mol. The molecule has 0 N–H and O–H groups in total. The van der Waals surface area contributed by atoms with Gasteiger partial charge in [-0.25, -0.2) is 5.06 Å². The van der Waals surface area contributed by atoms with E-state index in [2.05, 4.69) is 12.1 Å². The fourth-order valence-electron chi connectivity index (χ4n) is 2.76. The van der Waals surface area contributed by atoms with Crippen molar-refractivity contribution in [2.75, 3.05) is 14.2 Å². The number of amides is 1. The van der Waals surface area contributed by atoms with Gasteiger partial charge in [0.2, 0.25) is 5.91 Å². The van der Waals surface area contributed by atoms with Crippen LogP contribution in [0, 0.1) is 5.92 Å². The van der Waals surface area contributed by atoms with E-state index in [0.29, 0.717) is 5.92 Å². The van der Waals surface area contributed by atoms with Crippen molar-refractivity contribution in [2.45, 2.75) is 31.6 Å². The van der Waals surface area contributed by atoms with Crippen LogP contribution in [0.4, 0.5) is 0 Å². The molecular weight excluding hydrogens is 262 g/mol. The molecule has 104 valence electrons. The van der Waals surface area contributed by atoms with Gasteiger partial charge in [-0.15, -0.1) is 0 Å². The summed E-state index contributed by atoms with van der Waals surface area (Å²) >= 11 is 5.90. The minimum atomic E-state index is 0.0945. The third-order valence-electron chi connectivity index (χ3n) is 4.00. The van der Waals surface area contributed by atoms with Crippen LogP contribution in [0.2, 0.25) is 5.02 Å². The Bertz CT molecular complexity index is 424. The lowest BCUT2D eigenvalue weighted by Gasteiger charge is -2.29. The van der Waals surface area contributed by atoms with Crippen LogP contribution in [0.5, 0.6) is 0 Å². The summed E-state index contributed by atoms with van der Waals surface area (Å²) in [4.78, 5) is 17.0. The first-order valence-electron chi connectivity index (χ1n) is 6.69. The summed E-state index contributed by atoms with van der Waals surface area (Å²) in [5.41, 5.74) is 1.33. The van der Waals surface area contributed by atoms with Gasteiger partial charge >= 0.3 is 0 Å². The molecule has 19 heavy (non-hydrogen) atoms. The predicted octanol–water partition coefficient (Wildman–Crippen LogP) is 3.63. The van der Waals surface area contributed by atoms with E-state index in [1.165, 1.54) is 17.7 Å². The Morgan fingerprint density at radius 2 is 1.79 bits per heavy atom. The first-order valence-corrected chi connectivity index (χ1v) is 7.06. The highest BCUT2D eigenvalue weighted by atomic mass is 35.5. The molecule has 0 atom stereocenters. The van der Waals surface area contributed by atoms with Gasteiger partial charge in [-0.3, -0.25) is 9.63 Å². The van der Waals surface area contributed by atoms with Crippen molar-refractivity contribution in [3.63, 3.8) is 0 Å². The normalized spacial score (nSPS) is 23.1. The smallest absolute Gasteiger partial charge is 0.248 e. The number of hydrogen-bond acceptors (Lipinski definition) is 2. The van der Waals surface area contributed by atoms with Crippen molar-refractivity contribution < 1.29 is 9.63 Å². The highest BCUT2D eigenvalue weighted by Crippen LogP contribution is 2.36. The molecule has 1 aromatic carbocycles. The van der Waals surface area contributed by atoms with E-state index in [-0.39, 0.29) is 11.8 Å². The molecule has 1 fully saturated rings. The molecule has 0 aromatic heterocycles. The van der Waals surface area contributed by atoms with Crippen LogP contribution >= 0.6 is 11.6 Å². The summed E-state index contributed by atoms with van der Waals surface area (Å²) in [7, 11) is 3.20. The van der Waals surface area contributed by atoms with Crippen LogP contribution in [0.25, 0.3) is 0 Å². The summed E-state index contributed by atoms with van der Waals surface area (Å²) < 4.78 is 0. The maximum atomic E-state index is 12.0. The molecule has 0 spiro atoms. The van der Waals surface area contributed by atoms with Gasteiger partial charge in [-0.2, -0.15) is 0 Å². The second kappa shape index (κ2) is 6.40. The van der Waals surface area contributed by atoms with E-state index < -0.39 is 0 Å². The Hall–Kier alpha value is -1.06. The molecule has 1 aliphatic carbocycles. The third kappa shape index (κ3) is 3.48. The molecule has 0 saturated heterocycles. The highest BCUT2D eigenvalue weighted by molar-refractivity contribution is 6.30. The van der Waals surface area contributed by atoms with Gasteiger partial charge in [0, 0.05) is 18.0 Å². The first-order chi connectivity index (χ1) is 9.11. The zero-order valence-electron chi connectivity index (χ0n) is 11.4. The minimum absolute atomic E-state index is 0.0945. The molecule has 1 aromatic rings. The molecule has 0 bridgehead atoms. The monoisotopic (exact) mass is 281 g/mol. The molecule has 0 unspecified atom stereocenters. The lowest BCUT2D eigenvalue weighted by Crippen LogP contribution is -2.34. The number of carbonyl (C=O) groups excluding carboxylic acids is 1. The highest BCUT2D eigenvalue weighted by Gasteiger charge is 2.28. The van der Waals surface area contributed by atoms with Crippen molar-refractivity contribution in [3.05, 3.63) is 34.9 Å². The van der Waals surface area contributed by atoms with Gasteiger partial charge in [-0.1, -0.05) is 23.7 Å². The molecule has 3 nitrogen and oxygen atoms in total. The number of halogens is 1.